The van der Waals surface area contributed by atoms with Crippen LogP contribution in [0.3, 0.4) is 0 Å². The van der Waals surface area contributed by atoms with E-state index in [1.165, 1.54) is 34.6 Å². The van der Waals surface area contributed by atoms with Gasteiger partial charge in [0, 0.05) is 152 Å². The number of hydrogen-bond donors (Lipinski definition) is 6. The van der Waals surface area contributed by atoms with Crippen LogP contribution in [0.1, 0.15) is 145 Å². The average molecular weight is 1510 g/mol. The molecule has 10 heterocycles. The van der Waals surface area contributed by atoms with E-state index < -0.39 is 0 Å². The number of nitrogens with zero attached hydrogens (tertiary/aromatic N) is 18. The molecular weight excluding hydrogens is 1380 g/mol. The number of aromatic nitrogens is 13. The van der Waals surface area contributed by atoms with Gasteiger partial charge in [-0.2, -0.15) is 0 Å². The Labute approximate surface area is 650 Å². The monoisotopic (exact) mass is 1510 g/mol. The van der Waals surface area contributed by atoms with E-state index in [9.17, 15) is 9.60 Å². The molecule has 11 rings (SSSR count). The number of amidine groups is 2. The molecule has 27 heteroatoms. The second kappa shape index (κ2) is 56.2. The molecule has 2 saturated heterocycles. The number of anilines is 2. The summed E-state index contributed by atoms with van der Waals surface area (Å²) in [7, 11) is 15.5. The van der Waals surface area contributed by atoms with Gasteiger partial charge in [0.05, 0.1) is 42.7 Å². The van der Waals surface area contributed by atoms with Gasteiger partial charge in [-0.15, -0.1) is 0 Å². The minimum Gasteiger partial charge on any atom is -0.381 e. The van der Waals surface area contributed by atoms with E-state index in [4.69, 9.17) is 31.2 Å². The summed E-state index contributed by atoms with van der Waals surface area (Å²) in [6.45, 7) is 36.8. The summed E-state index contributed by atoms with van der Waals surface area (Å²) in [6.07, 6.45) is 24.0. The van der Waals surface area contributed by atoms with Gasteiger partial charge in [0.25, 0.3) is 0 Å². The SMILES string of the molecule is CCCNc1nccc(C)n1.CCc1c[n+](O)ccc1C.CCc1cc(F)ccc1C.COC1CCN(C(C)=N)C1.COC1CCN(C(C)=N)CC1.Cc1cc[n+](O)c(CN(C)C)c1.Cc1ccnc(C)n1.Cc1ccnc(CN(C)C)c1.Cc1ccnc(CN(C)C)n1.Cc1ccnc(N)n1.Cc1ccncn1. The third-order valence-corrected chi connectivity index (χ3v) is 15.7. The Morgan fingerprint density at radius 1 is 0.560 bits per heavy atom. The number of ether oxygens (including phenoxy) is 2. The molecule has 1 unspecified atom stereocenters. The van der Waals surface area contributed by atoms with Gasteiger partial charge in [-0.25, -0.2) is 54.2 Å². The Morgan fingerprint density at radius 3 is 1.53 bits per heavy atom. The predicted molar refractivity (Wildman–Crippen MR) is 435 cm³/mol. The molecule has 9 aromatic rings. The van der Waals surface area contributed by atoms with Crippen LogP contribution in [0, 0.1) is 85.9 Å². The molecule has 0 saturated carbocycles. The molecule has 596 valence electrons. The number of nitrogen functional groups attached to an aromatic ring is 1. The van der Waals surface area contributed by atoms with Crippen LogP contribution in [-0.2, 0) is 41.9 Å². The summed E-state index contributed by atoms with van der Waals surface area (Å²) < 4.78 is 25.2. The lowest BCUT2D eigenvalue weighted by Crippen LogP contribution is -2.39. The zero-order valence-corrected chi connectivity index (χ0v) is 69.5. The summed E-state index contributed by atoms with van der Waals surface area (Å²) in [6, 6.07) is 24.1. The van der Waals surface area contributed by atoms with Crippen molar-refractivity contribution in [1.82, 2.24) is 79.3 Å². The van der Waals surface area contributed by atoms with Crippen molar-refractivity contribution in [2.45, 2.75) is 174 Å². The molecule has 1 atom stereocenters. The van der Waals surface area contributed by atoms with E-state index in [1.54, 1.807) is 75.9 Å². The van der Waals surface area contributed by atoms with Gasteiger partial charge in [0.1, 0.15) is 23.8 Å². The molecule has 26 nitrogen and oxygen atoms in total. The fraction of sp³-hybridized carbons (Fsp3) is 0.476. The van der Waals surface area contributed by atoms with Crippen LogP contribution in [0.15, 0.2) is 141 Å². The van der Waals surface area contributed by atoms with E-state index in [0.717, 1.165) is 169 Å². The van der Waals surface area contributed by atoms with E-state index in [1.807, 2.05) is 196 Å². The standard InChI is InChI=1S/C9H11F.C9H15N2O.C9H14N2.2C8H13N3.C8H16N2O.C8H12NO.C7H14N2O.C6H8N2.C5H7N3.C5H6N2/c1-3-8-6-9(10)5-4-7(8)2;1-8-4-5-11(12)9(6-8)7-10(2)3;1-8-4-5-10-9(6-8)7-11(2)3;1-7-4-5-9-8(10-7)6-11(2)3;1-3-5-9-8-10-6-4-7(2)11-8;1-7(9)10-5-3-8(11-2)4-6-10;1-3-8-6-9(10)5-4-7(8)2;1-6(8)9-4-3-7(5-9)10-2;1-5-3-4-7-6(2)8-5;1-4-2-3-7-5(6)8-4;1-5-2-3-6-4-7-5/h4-6H,3H2,1-2H3;4-6,12H,7H2,1-3H3;4-6H,7H2,1-3H3;4-5H,6H2,1-3H3;4,6H,3,5H2,1-2H3,(H,9,10,11);8-9H,3-6H2,1-2H3;4-6,10H,3H2,1-2H3;7-8H,3-5H2,1-2H3;3-4H,1-2H3;2-3H,1H3,(H2,6,7,8);2-4H,1H3/q;+1;;;;;+1;;;;. The third kappa shape index (κ3) is 47.4. The highest BCUT2D eigenvalue weighted by Gasteiger charge is 2.22. The summed E-state index contributed by atoms with van der Waals surface area (Å²) in [5.41, 5.74) is 19.4. The molecule has 0 radical (unpaired) electrons. The Bertz CT molecular complexity index is 3760. The maximum Gasteiger partial charge on any atom is 0.248 e. The maximum absolute atomic E-state index is 12.5. The number of aryl methyl sites for hydroxylation is 12. The number of hydrogen-bond acceptors (Lipinski definition) is 22. The van der Waals surface area contributed by atoms with E-state index in [2.05, 4.69) is 102 Å². The maximum atomic E-state index is 12.5. The predicted octanol–water partition coefficient (Wildman–Crippen LogP) is 12.3. The van der Waals surface area contributed by atoms with Gasteiger partial charge in [0.15, 0.2) is 0 Å². The van der Waals surface area contributed by atoms with Gasteiger partial charge in [-0.3, -0.25) is 31.1 Å². The molecule has 109 heavy (non-hydrogen) atoms. The topological polar surface area (TPSA) is 310 Å². The van der Waals surface area contributed by atoms with Crippen molar-refractivity contribution < 1.29 is 33.7 Å². The van der Waals surface area contributed by atoms with Crippen LogP contribution < -0.4 is 20.5 Å². The van der Waals surface area contributed by atoms with Crippen molar-refractivity contribution in [1.29, 1.82) is 10.8 Å². The highest BCUT2D eigenvalue weighted by atomic mass is 19.1. The molecule has 2 fully saturated rings. The number of likely N-dealkylation sites (tertiary alicyclic amines) is 2. The fourth-order valence-electron chi connectivity index (χ4n) is 9.79. The largest absolute Gasteiger partial charge is 0.381 e. The van der Waals surface area contributed by atoms with Gasteiger partial charge >= 0.3 is 0 Å². The van der Waals surface area contributed by atoms with Gasteiger partial charge in [-0.05, 0) is 246 Å². The lowest BCUT2D eigenvalue weighted by atomic mass is 10.1. The number of methoxy groups -OCH3 is 2. The van der Waals surface area contributed by atoms with Crippen LogP contribution in [0.25, 0.3) is 0 Å². The summed E-state index contributed by atoms with van der Waals surface area (Å²) in [4.78, 5) is 54.3. The Hall–Kier alpha value is -10.1. The number of pyridine rings is 3. The van der Waals surface area contributed by atoms with E-state index in [-0.39, 0.29) is 5.82 Å². The summed E-state index contributed by atoms with van der Waals surface area (Å²) in [5.74, 6) is 3.98. The van der Waals surface area contributed by atoms with Gasteiger partial charge < -0.3 is 40.1 Å². The highest BCUT2D eigenvalue weighted by Crippen LogP contribution is 2.14. The zero-order valence-electron chi connectivity index (χ0n) is 69.5. The first-order valence-corrected chi connectivity index (χ1v) is 36.7. The van der Waals surface area contributed by atoms with Crippen LogP contribution in [0.5, 0.6) is 0 Å². The Kier molecular flexibility index (Phi) is 50.0. The van der Waals surface area contributed by atoms with Crippen molar-refractivity contribution in [2.24, 2.45) is 0 Å². The first-order chi connectivity index (χ1) is 51.7. The van der Waals surface area contributed by atoms with E-state index >= 15 is 0 Å². The molecule has 7 N–H and O–H groups in total. The first-order valence-electron chi connectivity index (χ1n) is 36.7. The number of halogens is 1. The minimum atomic E-state index is -0.137. The second-order valence-electron chi connectivity index (χ2n) is 26.8. The number of benzene rings is 1. The molecule has 8 aromatic heterocycles. The van der Waals surface area contributed by atoms with E-state index in [0.29, 0.717) is 29.8 Å². The van der Waals surface area contributed by atoms with Crippen molar-refractivity contribution >= 4 is 23.6 Å². The number of rotatable bonds is 13. The van der Waals surface area contributed by atoms with Gasteiger partial charge in [0.2, 0.25) is 36.2 Å². The van der Waals surface area contributed by atoms with Crippen molar-refractivity contribution in [3.8, 4) is 0 Å². The van der Waals surface area contributed by atoms with Crippen LogP contribution in [0.4, 0.5) is 16.3 Å². The normalized spacial score (nSPS) is 12.4. The smallest absolute Gasteiger partial charge is 0.248 e. The third-order valence-electron chi connectivity index (χ3n) is 15.7. The molecule has 0 spiro atoms. The van der Waals surface area contributed by atoms with Crippen LogP contribution >= 0.6 is 0 Å². The first kappa shape index (κ1) is 97.0. The number of nitrogens with one attached hydrogen (secondary N) is 3. The molecule has 1 aromatic carbocycles. The number of nitrogens with two attached hydrogens (primary N) is 1. The zero-order chi connectivity index (χ0) is 81.8. The molecular formula is C82H129FN22O4+2. The molecule has 0 amide bonds. The minimum absolute atomic E-state index is 0.137. The lowest BCUT2D eigenvalue weighted by molar-refractivity contribution is -0.910. The van der Waals surface area contributed by atoms with Crippen LogP contribution in [-0.4, -0.2) is 203 Å². The van der Waals surface area contributed by atoms with Gasteiger partial charge in [-0.1, -0.05) is 26.8 Å². The number of piperidine rings is 1. The highest BCUT2D eigenvalue weighted by molar-refractivity contribution is 5.76. The summed E-state index contributed by atoms with van der Waals surface area (Å²) in [5, 5.41) is 36.2. The summed E-state index contributed by atoms with van der Waals surface area (Å²) >= 11 is 0. The van der Waals surface area contributed by atoms with Crippen molar-refractivity contribution in [3.05, 3.63) is 232 Å². The second-order valence-corrected chi connectivity index (χ2v) is 26.8. The Morgan fingerprint density at radius 2 is 1.09 bits per heavy atom. The molecule has 0 bridgehead atoms. The molecule has 2 aliphatic rings. The van der Waals surface area contributed by atoms with Crippen LogP contribution in [0.2, 0.25) is 0 Å². The lowest BCUT2D eigenvalue weighted by Gasteiger charge is -2.31. The van der Waals surface area contributed by atoms with Crippen molar-refractivity contribution in [2.75, 3.05) is 100 Å². The van der Waals surface area contributed by atoms with Crippen molar-refractivity contribution in [3.63, 3.8) is 0 Å². The quantitative estimate of drug-likeness (QED) is 0.0270. The molecule has 2 aliphatic heterocycles. The fourth-order valence-corrected chi connectivity index (χ4v) is 9.79. The average Bonchev–Trinajstić information content (AvgIpc) is 1.88. The Balaban J connectivity index is 0.000000601. The molecule has 0 aliphatic carbocycles.